The van der Waals surface area contributed by atoms with Crippen molar-refractivity contribution in [3.05, 3.63) is 23.2 Å². The van der Waals surface area contributed by atoms with Gasteiger partial charge in [-0.1, -0.05) is 6.92 Å². The molecule has 22 heavy (non-hydrogen) atoms. The molecule has 3 aromatic rings. The van der Waals surface area contributed by atoms with E-state index in [1.807, 2.05) is 18.2 Å². The van der Waals surface area contributed by atoms with Gasteiger partial charge in [0.1, 0.15) is 11.3 Å². The van der Waals surface area contributed by atoms with E-state index >= 15 is 0 Å². The summed E-state index contributed by atoms with van der Waals surface area (Å²) in [6, 6.07) is 5.82. The minimum Gasteiger partial charge on any atom is -0.493 e. The highest BCUT2D eigenvalue weighted by molar-refractivity contribution is 7.19. The van der Waals surface area contributed by atoms with Crippen molar-refractivity contribution in [2.45, 2.75) is 26.2 Å². The minimum absolute atomic E-state index is 0.125. The Labute approximate surface area is 132 Å². The van der Waals surface area contributed by atoms with Crippen LogP contribution in [0.1, 0.15) is 24.8 Å². The highest BCUT2D eigenvalue weighted by Crippen LogP contribution is 2.34. The maximum atomic E-state index is 8.80. The molecule has 0 spiro atoms. The number of aromatic nitrogens is 2. The number of aryl methyl sites for hydroxylation is 1. The zero-order valence-electron chi connectivity index (χ0n) is 12.5. The van der Waals surface area contributed by atoms with Gasteiger partial charge in [0.15, 0.2) is 5.82 Å². The van der Waals surface area contributed by atoms with Gasteiger partial charge in [-0.2, -0.15) is 0 Å². The number of hydrogen-bond donors (Lipinski definition) is 2. The number of aliphatic hydroxyl groups excluding tert-OH is 1. The maximum Gasteiger partial charge on any atom is 0.151 e. The van der Waals surface area contributed by atoms with Crippen LogP contribution in [0.15, 0.2) is 18.2 Å². The molecule has 0 unspecified atom stereocenters. The number of nitrogen functional groups attached to an aromatic ring is 1. The predicted molar refractivity (Wildman–Crippen MR) is 90.5 cm³/mol. The van der Waals surface area contributed by atoms with Gasteiger partial charge in [-0.3, -0.25) is 0 Å². The molecule has 0 aliphatic rings. The first-order valence-electron chi connectivity index (χ1n) is 7.45. The first kappa shape index (κ1) is 15.0. The Morgan fingerprint density at radius 3 is 2.95 bits per heavy atom. The third-order valence-electron chi connectivity index (χ3n) is 3.40. The Kier molecular flexibility index (Phi) is 4.40. The minimum atomic E-state index is 0.125. The zero-order valence-corrected chi connectivity index (χ0v) is 13.3. The summed E-state index contributed by atoms with van der Waals surface area (Å²) >= 11 is 1.69. The van der Waals surface area contributed by atoms with Crippen molar-refractivity contribution in [1.82, 2.24) is 9.97 Å². The van der Waals surface area contributed by atoms with Crippen LogP contribution in [-0.4, -0.2) is 28.3 Å². The molecular formula is C16H19N3O2S. The van der Waals surface area contributed by atoms with Gasteiger partial charge in [0, 0.05) is 24.5 Å². The molecule has 0 aliphatic heterocycles. The van der Waals surface area contributed by atoms with Crippen molar-refractivity contribution in [3.8, 4) is 5.75 Å². The topological polar surface area (TPSA) is 81.3 Å². The van der Waals surface area contributed by atoms with Crippen LogP contribution in [0.25, 0.3) is 21.1 Å². The molecule has 0 fully saturated rings. The van der Waals surface area contributed by atoms with E-state index in [1.165, 1.54) is 0 Å². The van der Waals surface area contributed by atoms with Gasteiger partial charge in [-0.05, 0) is 25.0 Å². The number of hydrogen-bond acceptors (Lipinski definition) is 6. The molecule has 3 N–H and O–H groups in total. The maximum absolute atomic E-state index is 8.80. The second-order valence-electron chi connectivity index (χ2n) is 5.14. The summed E-state index contributed by atoms with van der Waals surface area (Å²) in [5, 5.41) is 11.0. The lowest BCUT2D eigenvalue weighted by molar-refractivity contribution is 0.234. The molecule has 6 heteroatoms. The van der Waals surface area contributed by atoms with Crippen LogP contribution in [0.3, 0.4) is 0 Å². The smallest absolute Gasteiger partial charge is 0.151 e. The average molecular weight is 317 g/mol. The third-order valence-corrected chi connectivity index (χ3v) is 4.55. The zero-order chi connectivity index (χ0) is 15.5. The van der Waals surface area contributed by atoms with Crippen LogP contribution < -0.4 is 10.5 Å². The quantitative estimate of drug-likeness (QED) is 0.683. The first-order chi connectivity index (χ1) is 10.7. The van der Waals surface area contributed by atoms with Crippen molar-refractivity contribution < 1.29 is 9.84 Å². The Bertz CT molecular complexity index is 801. The molecule has 2 aromatic heterocycles. The van der Waals surface area contributed by atoms with Crippen LogP contribution in [0.5, 0.6) is 5.75 Å². The van der Waals surface area contributed by atoms with Crippen molar-refractivity contribution in [3.63, 3.8) is 0 Å². The van der Waals surface area contributed by atoms with E-state index in [0.717, 1.165) is 44.7 Å². The number of rotatable bonds is 6. The molecule has 3 rings (SSSR count). The van der Waals surface area contributed by atoms with Gasteiger partial charge in [-0.25, -0.2) is 9.97 Å². The fraction of sp³-hybridized carbons (Fsp3) is 0.375. The molecular weight excluding hydrogens is 298 g/mol. The molecule has 0 radical (unpaired) electrons. The standard InChI is InChI=1S/C16H19N3O2S/c1-2-4-13-19-14-15(22-13)11-6-5-10(21-8-3-7-20)9-12(11)18-16(14)17/h5-6,9,20H,2-4,7-8H2,1H3,(H2,17,18). The van der Waals surface area contributed by atoms with Crippen LogP contribution in [0.4, 0.5) is 5.82 Å². The van der Waals surface area contributed by atoms with Gasteiger partial charge in [0.2, 0.25) is 0 Å². The van der Waals surface area contributed by atoms with Gasteiger partial charge >= 0.3 is 0 Å². The van der Waals surface area contributed by atoms with Gasteiger partial charge in [0.05, 0.1) is 21.8 Å². The van der Waals surface area contributed by atoms with E-state index in [-0.39, 0.29) is 6.61 Å². The Balaban J connectivity index is 2.04. The highest BCUT2D eigenvalue weighted by Gasteiger charge is 2.12. The summed E-state index contributed by atoms with van der Waals surface area (Å²) in [7, 11) is 0. The average Bonchev–Trinajstić information content (AvgIpc) is 2.92. The number of ether oxygens (including phenoxy) is 1. The Morgan fingerprint density at radius 1 is 1.32 bits per heavy atom. The van der Waals surface area contributed by atoms with Crippen LogP contribution >= 0.6 is 11.3 Å². The second-order valence-corrected chi connectivity index (χ2v) is 6.22. The molecule has 0 aliphatic carbocycles. The molecule has 0 amide bonds. The van der Waals surface area contributed by atoms with Crippen LogP contribution in [0.2, 0.25) is 0 Å². The molecule has 0 saturated carbocycles. The number of nitrogens with two attached hydrogens (primary N) is 1. The van der Waals surface area contributed by atoms with Gasteiger partial charge < -0.3 is 15.6 Å². The summed E-state index contributed by atoms with van der Waals surface area (Å²) in [5.41, 5.74) is 7.68. The molecule has 1 aromatic carbocycles. The number of fused-ring (bicyclic) bond motifs is 3. The second kappa shape index (κ2) is 6.46. The number of pyridine rings is 1. The SMILES string of the molecule is CCCc1nc2c(N)nc3cc(OCCCO)ccc3c2s1. The first-order valence-corrected chi connectivity index (χ1v) is 8.27. The highest BCUT2D eigenvalue weighted by atomic mass is 32.1. The number of aliphatic hydroxyl groups is 1. The van der Waals surface area contributed by atoms with E-state index in [9.17, 15) is 0 Å². The lowest BCUT2D eigenvalue weighted by Gasteiger charge is -2.07. The predicted octanol–water partition coefficient (Wildman–Crippen LogP) is 3.14. The molecule has 116 valence electrons. The summed E-state index contributed by atoms with van der Waals surface area (Å²) in [4.78, 5) is 9.07. The Hall–Kier alpha value is -1.92. The monoisotopic (exact) mass is 317 g/mol. The van der Waals surface area contributed by atoms with E-state index in [2.05, 4.69) is 16.9 Å². The molecule has 2 heterocycles. The van der Waals surface area contributed by atoms with Crippen molar-refractivity contribution in [1.29, 1.82) is 0 Å². The summed E-state index contributed by atoms with van der Waals surface area (Å²) in [6.07, 6.45) is 2.64. The van der Waals surface area contributed by atoms with Crippen molar-refractivity contribution in [2.24, 2.45) is 0 Å². The number of benzene rings is 1. The van der Waals surface area contributed by atoms with Crippen molar-refractivity contribution >= 4 is 38.3 Å². The molecule has 0 bridgehead atoms. The fourth-order valence-electron chi connectivity index (χ4n) is 2.36. The van der Waals surface area contributed by atoms with Gasteiger partial charge in [0.25, 0.3) is 0 Å². The van der Waals surface area contributed by atoms with Crippen molar-refractivity contribution in [2.75, 3.05) is 18.9 Å². The summed E-state index contributed by atoms with van der Waals surface area (Å²) in [5.74, 6) is 1.21. The lowest BCUT2D eigenvalue weighted by Crippen LogP contribution is -2.00. The number of anilines is 1. The van der Waals surface area contributed by atoms with E-state index in [1.54, 1.807) is 11.3 Å². The molecule has 0 atom stereocenters. The number of thiazole rings is 1. The molecule has 0 saturated heterocycles. The van der Waals surface area contributed by atoms with Crippen LogP contribution in [0, 0.1) is 0 Å². The van der Waals surface area contributed by atoms with Crippen LogP contribution in [-0.2, 0) is 6.42 Å². The van der Waals surface area contributed by atoms with E-state index in [0.29, 0.717) is 18.8 Å². The number of nitrogens with zero attached hydrogens (tertiary/aromatic N) is 2. The largest absolute Gasteiger partial charge is 0.493 e. The summed E-state index contributed by atoms with van der Waals surface area (Å²) in [6.45, 7) is 2.75. The Morgan fingerprint density at radius 2 is 2.18 bits per heavy atom. The summed E-state index contributed by atoms with van der Waals surface area (Å²) < 4.78 is 6.69. The fourth-order valence-corrected chi connectivity index (χ4v) is 3.57. The third kappa shape index (κ3) is 2.84. The normalized spacial score (nSPS) is 11.4. The lowest BCUT2D eigenvalue weighted by atomic mass is 10.2. The molecule has 5 nitrogen and oxygen atoms in total. The van der Waals surface area contributed by atoms with E-state index < -0.39 is 0 Å². The van der Waals surface area contributed by atoms with Gasteiger partial charge in [-0.15, -0.1) is 11.3 Å². The van der Waals surface area contributed by atoms with E-state index in [4.69, 9.17) is 15.6 Å².